The molecule has 1 aliphatic rings. The van der Waals surface area contributed by atoms with Gasteiger partial charge in [0.2, 0.25) is 5.90 Å². The minimum Gasteiger partial charge on any atom is -0.490 e. The zero-order chi connectivity index (χ0) is 23.4. The minimum absolute atomic E-state index is 0.0460. The maximum absolute atomic E-state index is 13.5. The van der Waals surface area contributed by atoms with E-state index in [-0.39, 0.29) is 24.0 Å². The molecule has 3 aromatic rings. The fourth-order valence-corrected chi connectivity index (χ4v) is 3.90. The molecule has 0 spiro atoms. The van der Waals surface area contributed by atoms with Crippen LogP contribution in [-0.2, 0) is 16.1 Å². The number of hydrogen-bond donors (Lipinski definition) is 0. The zero-order valence-corrected chi connectivity index (χ0v) is 19.6. The number of nitrogens with zero attached hydrogens (tertiary/aromatic N) is 1. The summed E-state index contributed by atoms with van der Waals surface area (Å²) in [5.41, 5.74) is 1.94. The molecule has 0 saturated carbocycles. The first-order valence-corrected chi connectivity index (χ1v) is 11.1. The maximum Gasteiger partial charge on any atom is 0.363 e. The number of cyclic esters (lactones) is 1. The molecule has 1 heterocycles. The van der Waals surface area contributed by atoms with Crippen molar-refractivity contribution in [1.82, 2.24) is 0 Å². The van der Waals surface area contributed by atoms with Crippen LogP contribution >= 0.6 is 22.6 Å². The van der Waals surface area contributed by atoms with Crippen LogP contribution in [0, 0.1) is 15.2 Å². The summed E-state index contributed by atoms with van der Waals surface area (Å²) in [6.07, 6.45) is 1.57. The lowest BCUT2D eigenvalue weighted by Crippen LogP contribution is -2.05. The van der Waals surface area contributed by atoms with E-state index in [0.29, 0.717) is 29.2 Å². The van der Waals surface area contributed by atoms with Crippen molar-refractivity contribution in [3.63, 3.8) is 0 Å². The molecule has 0 fully saturated rings. The highest BCUT2D eigenvalue weighted by Crippen LogP contribution is 2.36. The second-order valence-electron chi connectivity index (χ2n) is 7.02. The molecule has 0 unspecified atom stereocenters. The fourth-order valence-electron chi connectivity index (χ4n) is 3.12. The Morgan fingerprint density at radius 2 is 1.82 bits per heavy atom. The normalized spacial score (nSPS) is 14.2. The van der Waals surface area contributed by atoms with Gasteiger partial charge in [-0.2, -0.15) is 0 Å². The van der Waals surface area contributed by atoms with Crippen LogP contribution in [0.2, 0.25) is 0 Å². The molecule has 0 atom stereocenters. The Hall–Kier alpha value is -3.27. The predicted octanol–water partition coefficient (Wildman–Crippen LogP) is 5.89. The second kappa shape index (κ2) is 10.1. The molecule has 5 nitrogen and oxygen atoms in total. The average Bonchev–Trinajstić information content (AvgIpc) is 3.15. The first-order chi connectivity index (χ1) is 15.9. The van der Waals surface area contributed by atoms with E-state index in [9.17, 15) is 13.6 Å². The number of halogens is 3. The first-order valence-electron chi connectivity index (χ1n) is 10.0. The van der Waals surface area contributed by atoms with Crippen LogP contribution in [0.1, 0.15) is 23.6 Å². The number of carbonyl (C=O) groups is 1. The molecule has 0 saturated heterocycles. The fraction of sp³-hybridized carbons (Fsp3) is 0.120. The quantitative estimate of drug-likeness (QED) is 0.205. The third kappa shape index (κ3) is 5.57. The lowest BCUT2D eigenvalue weighted by molar-refractivity contribution is -0.129. The van der Waals surface area contributed by atoms with Gasteiger partial charge in [0.05, 0.1) is 10.2 Å². The Bertz CT molecular complexity index is 1260. The SMILES string of the molecule is CCOc1cc(/C=C2\N=C(c3cccc(F)c3)OC2=O)cc(I)c1OCc1ccc(F)cc1. The van der Waals surface area contributed by atoms with Gasteiger partial charge in [0.1, 0.15) is 18.2 Å². The summed E-state index contributed by atoms with van der Waals surface area (Å²) >= 11 is 2.12. The van der Waals surface area contributed by atoms with Gasteiger partial charge in [-0.15, -0.1) is 0 Å². The molecule has 0 aliphatic carbocycles. The zero-order valence-electron chi connectivity index (χ0n) is 17.5. The topological polar surface area (TPSA) is 57.1 Å². The standard InChI is InChI=1S/C25H18F2INO4/c1-2-31-22-12-16(10-20(28)23(22)32-14-15-6-8-18(26)9-7-15)11-21-25(30)33-24(29-21)17-4-3-5-19(27)13-17/h3-13H,2,14H2,1H3/b21-11-. The van der Waals surface area contributed by atoms with Crippen molar-refractivity contribution < 1.29 is 27.8 Å². The van der Waals surface area contributed by atoms with Gasteiger partial charge >= 0.3 is 5.97 Å². The number of ether oxygens (including phenoxy) is 3. The van der Waals surface area contributed by atoms with Crippen LogP contribution in [0.25, 0.3) is 6.08 Å². The van der Waals surface area contributed by atoms with Gasteiger partial charge in [0.15, 0.2) is 17.2 Å². The summed E-state index contributed by atoms with van der Waals surface area (Å²) in [5.74, 6) is -0.297. The Labute approximate surface area is 202 Å². The van der Waals surface area contributed by atoms with Crippen molar-refractivity contribution in [2.45, 2.75) is 13.5 Å². The van der Waals surface area contributed by atoms with Gasteiger partial charge in [-0.05, 0) is 89.2 Å². The van der Waals surface area contributed by atoms with E-state index in [4.69, 9.17) is 14.2 Å². The smallest absolute Gasteiger partial charge is 0.363 e. The number of rotatable bonds is 7. The molecule has 33 heavy (non-hydrogen) atoms. The third-order valence-electron chi connectivity index (χ3n) is 4.62. The van der Waals surface area contributed by atoms with Crippen LogP contribution in [0.15, 0.2) is 71.4 Å². The van der Waals surface area contributed by atoms with Crippen molar-refractivity contribution in [3.05, 3.63) is 98.3 Å². The molecule has 0 aromatic heterocycles. The summed E-state index contributed by atoms with van der Waals surface area (Å²) < 4.78 is 44.3. The predicted molar refractivity (Wildman–Crippen MR) is 128 cm³/mol. The molecule has 0 N–H and O–H groups in total. The Morgan fingerprint density at radius 1 is 1.03 bits per heavy atom. The van der Waals surface area contributed by atoms with Crippen LogP contribution in [0.3, 0.4) is 0 Å². The van der Waals surface area contributed by atoms with Crippen molar-refractivity contribution in [1.29, 1.82) is 0 Å². The number of aliphatic imine (C=N–C) groups is 1. The van der Waals surface area contributed by atoms with E-state index < -0.39 is 11.8 Å². The van der Waals surface area contributed by atoms with Gasteiger partial charge in [-0.25, -0.2) is 18.6 Å². The van der Waals surface area contributed by atoms with Crippen LogP contribution in [0.5, 0.6) is 11.5 Å². The number of esters is 1. The largest absolute Gasteiger partial charge is 0.490 e. The number of carbonyl (C=O) groups excluding carboxylic acids is 1. The molecule has 4 rings (SSSR count). The summed E-state index contributed by atoms with van der Waals surface area (Å²) in [7, 11) is 0. The lowest BCUT2D eigenvalue weighted by atomic mass is 10.1. The van der Waals surface area contributed by atoms with E-state index in [1.54, 1.807) is 30.3 Å². The highest BCUT2D eigenvalue weighted by molar-refractivity contribution is 14.1. The molecule has 8 heteroatoms. The average molecular weight is 561 g/mol. The molecule has 0 bridgehead atoms. The van der Waals surface area contributed by atoms with Gasteiger partial charge in [-0.1, -0.05) is 18.2 Å². The molecule has 3 aromatic carbocycles. The van der Waals surface area contributed by atoms with Crippen molar-refractivity contribution in [3.8, 4) is 11.5 Å². The van der Waals surface area contributed by atoms with Gasteiger partial charge in [0, 0.05) is 5.56 Å². The Balaban J connectivity index is 1.61. The third-order valence-corrected chi connectivity index (χ3v) is 5.42. The molecule has 1 aliphatic heterocycles. The molecular formula is C25H18F2INO4. The highest BCUT2D eigenvalue weighted by Gasteiger charge is 2.25. The summed E-state index contributed by atoms with van der Waals surface area (Å²) in [4.78, 5) is 16.5. The summed E-state index contributed by atoms with van der Waals surface area (Å²) in [5, 5.41) is 0. The van der Waals surface area contributed by atoms with Crippen molar-refractivity contribution >= 4 is 40.5 Å². The van der Waals surface area contributed by atoms with Crippen LogP contribution < -0.4 is 9.47 Å². The Kier molecular flexibility index (Phi) is 7.02. The maximum atomic E-state index is 13.5. The van der Waals surface area contributed by atoms with E-state index >= 15 is 0 Å². The van der Waals surface area contributed by atoms with E-state index in [1.165, 1.54) is 30.3 Å². The summed E-state index contributed by atoms with van der Waals surface area (Å²) in [6.45, 7) is 2.50. The highest BCUT2D eigenvalue weighted by atomic mass is 127. The summed E-state index contributed by atoms with van der Waals surface area (Å²) in [6, 6.07) is 15.3. The Morgan fingerprint density at radius 3 is 2.55 bits per heavy atom. The number of benzene rings is 3. The van der Waals surface area contributed by atoms with Crippen molar-refractivity contribution in [2.75, 3.05) is 6.61 Å². The molecule has 168 valence electrons. The van der Waals surface area contributed by atoms with Crippen LogP contribution in [0.4, 0.5) is 8.78 Å². The van der Waals surface area contributed by atoms with Gasteiger partial charge in [0.25, 0.3) is 0 Å². The molecule has 0 radical (unpaired) electrons. The lowest BCUT2D eigenvalue weighted by Gasteiger charge is -2.15. The monoisotopic (exact) mass is 561 g/mol. The van der Waals surface area contributed by atoms with Crippen molar-refractivity contribution in [2.24, 2.45) is 4.99 Å². The van der Waals surface area contributed by atoms with E-state index in [0.717, 1.165) is 9.13 Å². The second-order valence-corrected chi connectivity index (χ2v) is 8.19. The van der Waals surface area contributed by atoms with E-state index in [2.05, 4.69) is 27.6 Å². The molecule has 0 amide bonds. The minimum atomic E-state index is -0.626. The van der Waals surface area contributed by atoms with Gasteiger partial charge in [-0.3, -0.25) is 0 Å². The first kappa shape index (κ1) is 22.9. The van der Waals surface area contributed by atoms with Gasteiger partial charge < -0.3 is 14.2 Å². The van der Waals surface area contributed by atoms with Crippen LogP contribution in [-0.4, -0.2) is 18.5 Å². The van der Waals surface area contributed by atoms with E-state index in [1.807, 2.05) is 13.0 Å². The molecular weight excluding hydrogens is 543 g/mol. The number of hydrogen-bond acceptors (Lipinski definition) is 5.